The Morgan fingerprint density at radius 2 is 0.917 bits per heavy atom. The van der Waals surface area contributed by atoms with Gasteiger partial charge in [-0.25, -0.2) is 0 Å². The van der Waals surface area contributed by atoms with Gasteiger partial charge in [-0.2, -0.15) is 47.0 Å². The summed E-state index contributed by atoms with van der Waals surface area (Å²) in [6, 6.07) is 18.3. The average molecular weight is 563 g/mol. The summed E-state index contributed by atoms with van der Waals surface area (Å²) in [5.74, 6) is 12.8. The first kappa shape index (κ1) is 32.1. The molecule has 2 rings (SSSR count). The zero-order valence-electron chi connectivity index (χ0n) is 23.6. The summed E-state index contributed by atoms with van der Waals surface area (Å²) >= 11 is 8.38. The molecule has 0 spiro atoms. The molecular weight excluding hydrogens is 513 g/mol. The molecule has 0 aromatic heterocycles. The molecule has 0 saturated heterocycles. The van der Waals surface area contributed by atoms with Crippen LogP contribution < -0.4 is 0 Å². The van der Waals surface area contributed by atoms with Crippen molar-refractivity contribution in [2.75, 3.05) is 23.0 Å². The smallest absolute Gasteiger partial charge is 0.0187 e. The monoisotopic (exact) mass is 562 g/mol. The van der Waals surface area contributed by atoms with E-state index in [0.717, 1.165) is 46.7 Å². The molecule has 36 heavy (non-hydrogen) atoms. The molecule has 0 saturated carbocycles. The Kier molecular flexibility index (Phi) is 16.9. The Morgan fingerprint density at radius 3 is 1.39 bits per heavy atom. The van der Waals surface area contributed by atoms with E-state index in [4.69, 9.17) is 0 Å². The van der Waals surface area contributed by atoms with Crippen molar-refractivity contribution < 1.29 is 0 Å². The maximum absolute atomic E-state index is 2.44. The lowest BCUT2D eigenvalue weighted by Crippen LogP contribution is -2.05. The zero-order valence-corrected chi connectivity index (χ0v) is 26.9. The van der Waals surface area contributed by atoms with Crippen molar-refractivity contribution in [2.24, 2.45) is 23.7 Å². The molecule has 0 bridgehead atoms. The molecule has 0 heterocycles. The van der Waals surface area contributed by atoms with E-state index >= 15 is 0 Å². The van der Waals surface area contributed by atoms with Crippen molar-refractivity contribution in [3.8, 4) is 0 Å². The number of thioether (sulfide) groups is 4. The molecule has 0 aliphatic heterocycles. The summed E-state index contributed by atoms with van der Waals surface area (Å²) in [5.41, 5.74) is 6.05. The summed E-state index contributed by atoms with van der Waals surface area (Å²) < 4.78 is 0. The van der Waals surface area contributed by atoms with Crippen LogP contribution in [0.3, 0.4) is 0 Å². The van der Waals surface area contributed by atoms with Gasteiger partial charge in [-0.3, -0.25) is 0 Å². The fourth-order valence-corrected chi connectivity index (χ4v) is 8.34. The third kappa shape index (κ3) is 14.7. The fraction of sp³-hybridized carbons (Fsp3) is 0.625. The molecule has 0 radical (unpaired) electrons. The molecule has 2 unspecified atom stereocenters. The Balaban J connectivity index is 1.61. The highest BCUT2D eigenvalue weighted by Crippen LogP contribution is 2.26. The highest BCUT2D eigenvalue weighted by molar-refractivity contribution is 7.99. The minimum Gasteiger partial charge on any atom is -0.157 e. The number of hydrogen-bond donors (Lipinski definition) is 0. The van der Waals surface area contributed by atoms with E-state index < -0.39 is 0 Å². The summed E-state index contributed by atoms with van der Waals surface area (Å²) in [7, 11) is 0. The van der Waals surface area contributed by atoms with Crippen LogP contribution in [-0.4, -0.2) is 23.0 Å². The SMILES string of the molecule is CC(C)CSCc1cccc(CSCC(C)CCC(C)CSCc2ccccc2CSCC(C)C)c1. The van der Waals surface area contributed by atoms with Gasteiger partial charge in [0.2, 0.25) is 0 Å². The number of rotatable bonds is 19. The van der Waals surface area contributed by atoms with Crippen LogP contribution in [0.1, 0.15) is 76.6 Å². The lowest BCUT2D eigenvalue weighted by atomic mass is 10.0. The molecule has 2 aromatic rings. The molecule has 0 aliphatic carbocycles. The van der Waals surface area contributed by atoms with Crippen LogP contribution >= 0.6 is 47.0 Å². The topological polar surface area (TPSA) is 0 Å². The quantitative estimate of drug-likeness (QED) is 0.167. The van der Waals surface area contributed by atoms with Crippen LogP contribution in [0, 0.1) is 23.7 Å². The predicted molar refractivity (Wildman–Crippen MR) is 175 cm³/mol. The molecular formula is C32H50S4. The van der Waals surface area contributed by atoms with E-state index in [9.17, 15) is 0 Å². The van der Waals surface area contributed by atoms with Gasteiger partial charge >= 0.3 is 0 Å². The van der Waals surface area contributed by atoms with Gasteiger partial charge in [0.15, 0.2) is 0 Å². The maximum Gasteiger partial charge on any atom is 0.0187 e. The summed E-state index contributed by atoms with van der Waals surface area (Å²) in [5, 5.41) is 0. The highest BCUT2D eigenvalue weighted by Gasteiger charge is 2.09. The lowest BCUT2D eigenvalue weighted by molar-refractivity contribution is 0.485. The van der Waals surface area contributed by atoms with Crippen LogP contribution in [0.25, 0.3) is 0 Å². The zero-order chi connectivity index (χ0) is 26.2. The Hall–Kier alpha value is -0.160. The minimum atomic E-state index is 0.771. The fourth-order valence-electron chi connectivity index (χ4n) is 3.95. The number of hydrogen-bond acceptors (Lipinski definition) is 4. The molecule has 0 N–H and O–H groups in total. The summed E-state index contributed by atoms with van der Waals surface area (Å²) in [4.78, 5) is 0. The second-order valence-corrected chi connectivity index (χ2v) is 15.3. The van der Waals surface area contributed by atoms with Crippen molar-refractivity contribution in [2.45, 2.75) is 77.4 Å². The van der Waals surface area contributed by atoms with E-state index in [1.165, 1.54) is 52.5 Å². The molecule has 202 valence electrons. The van der Waals surface area contributed by atoms with Gasteiger partial charge in [-0.15, -0.1) is 0 Å². The van der Waals surface area contributed by atoms with Crippen LogP contribution in [0.15, 0.2) is 48.5 Å². The normalized spacial score (nSPS) is 13.4. The Morgan fingerprint density at radius 1 is 0.500 bits per heavy atom. The standard InChI is InChI=1S/C32H50S4/c1-25(2)17-33-21-29-10-9-11-30(16-29)22-35-19-27(5)14-15-28(6)20-36-24-32-13-8-7-12-31(32)23-34-18-26(3)4/h7-13,16,25-28H,14-15,17-24H2,1-6H3. The number of benzene rings is 2. The van der Waals surface area contributed by atoms with E-state index in [0.29, 0.717) is 0 Å². The predicted octanol–water partition coefficient (Wildman–Crippen LogP) is 10.7. The molecule has 0 nitrogen and oxygen atoms in total. The van der Waals surface area contributed by atoms with Crippen molar-refractivity contribution in [1.29, 1.82) is 0 Å². The van der Waals surface area contributed by atoms with Gasteiger partial charge in [-0.1, -0.05) is 90.1 Å². The van der Waals surface area contributed by atoms with Crippen LogP contribution in [0.2, 0.25) is 0 Å². The molecule has 2 atom stereocenters. The molecule has 4 heteroatoms. The van der Waals surface area contributed by atoms with Gasteiger partial charge in [0.05, 0.1) is 0 Å². The second kappa shape index (κ2) is 19.0. The van der Waals surface area contributed by atoms with Crippen LogP contribution in [0.4, 0.5) is 0 Å². The van der Waals surface area contributed by atoms with Crippen molar-refractivity contribution >= 4 is 47.0 Å². The third-order valence-electron chi connectivity index (χ3n) is 6.02. The molecule has 0 aliphatic rings. The van der Waals surface area contributed by atoms with E-state index in [1.54, 1.807) is 5.56 Å². The largest absolute Gasteiger partial charge is 0.157 e. The lowest BCUT2D eigenvalue weighted by Gasteiger charge is -2.16. The summed E-state index contributed by atoms with van der Waals surface area (Å²) in [6.07, 6.45) is 2.70. The first-order chi connectivity index (χ1) is 17.3. The highest BCUT2D eigenvalue weighted by atomic mass is 32.2. The average Bonchev–Trinajstić information content (AvgIpc) is 2.83. The van der Waals surface area contributed by atoms with Crippen LogP contribution in [0.5, 0.6) is 0 Å². The van der Waals surface area contributed by atoms with Gasteiger partial charge in [0.1, 0.15) is 0 Å². The Labute approximate surface area is 240 Å². The van der Waals surface area contributed by atoms with Crippen molar-refractivity contribution in [1.82, 2.24) is 0 Å². The molecule has 0 fully saturated rings. The maximum atomic E-state index is 2.44. The van der Waals surface area contributed by atoms with Crippen LogP contribution in [-0.2, 0) is 23.0 Å². The molecule has 2 aromatic carbocycles. The van der Waals surface area contributed by atoms with Gasteiger partial charge in [0.25, 0.3) is 0 Å². The van der Waals surface area contributed by atoms with Gasteiger partial charge in [0, 0.05) is 23.0 Å². The van der Waals surface area contributed by atoms with Gasteiger partial charge < -0.3 is 0 Å². The van der Waals surface area contributed by atoms with Gasteiger partial charge in [-0.05, 0) is 81.8 Å². The van der Waals surface area contributed by atoms with E-state index in [1.807, 2.05) is 0 Å². The first-order valence-corrected chi connectivity index (χ1v) is 18.4. The van der Waals surface area contributed by atoms with E-state index in [2.05, 4.69) is 137 Å². The Bertz CT molecular complexity index is 832. The van der Waals surface area contributed by atoms with E-state index in [-0.39, 0.29) is 0 Å². The first-order valence-electron chi connectivity index (χ1n) is 13.8. The summed E-state index contributed by atoms with van der Waals surface area (Å²) in [6.45, 7) is 14.1. The van der Waals surface area contributed by atoms with Crippen molar-refractivity contribution in [3.63, 3.8) is 0 Å². The second-order valence-electron chi connectivity index (χ2n) is 11.2. The van der Waals surface area contributed by atoms with Crippen molar-refractivity contribution in [3.05, 3.63) is 70.8 Å². The minimum absolute atomic E-state index is 0.771. The third-order valence-corrected chi connectivity index (χ3v) is 11.5. The molecule has 0 amide bonds.